The number of carbonyl (C=O) groups excluding carboxylic acids is 2. The quantitative estimate of drug-likeness (QED) is 0.629. The molecule has 31 heavy (non-hydrogen) atoms. The molecule has 0 saturated carbocycles. The van der Waals surface area contributed by atoms with Gasteiger partial charge in [0.05, 0.1) is 12.7 Å². The molecule has 4 rings (SSSR count). The Morgan fingerprint density at radius 1 is 0.710 bits per heavy atom. The molecule has 6 heteroatoms. The fourth-order valence-corrected chi connectivity index (χ4v) is 3.57. The second-order valence-electron chi connectivity index (χ2n) is 7.23. The minimum absolute atomic E-state index is 0.0567. The lowest BCUT2D eigenvalue weighted by Gasteiger charge is -2.35. The number of rotatable bonds is 5. The van der Waals surface area contributed by atoms with Gasteiger partial charge in [-0.3, -0.25) is 9.59 Å². The third-order valence-corrected chi connectivity index (χ3v) is 5.26. The molecule has 0 N–H and O–H groups in total. The summed E-state index contributed by atoms with van der Waals surface area (Å²) in [6, 6.07) is 23.8. The standard InChI is InChI=1S/C25H24N2O4/c1-30-21-11-7-8-19(18-21)24(28)26-14-16-27(17-15-26)25(29)22-12-5-6-13-23(22)31-20-9-3-2-4-10-20/h2-13,18H,14-17H2,1H3. The number of hydrogen-bond donors (Lipinski definition) is 0. The number of para-hydroxylation sites is 2. The molecule has 1 aliphatic rings. The number of methoxy groups -OCH3 is 1. The predicted octanol–water partition coefficient (Wildman–Crippen LogP) is 4.09. The van der Waals surface area contributed by atoms with Crippen molar-refractivity contribution >= 4 is 11.8 Å². The molecule has 0 unspecified atom stereocenters. The molecule has 1 heterocycles. The first-order valence-corrected chi connectivity index (χ1v) is 10.2. The van der Waals surface area contributed by atoms with Crippen molar-refractivity contribution in [2.45, 2.75) is 0 Å². The van der Waals surface area contributed by atoms with E-state index in [2.05, 4.69) is 0 Å². The Morgan fingerprint density at radius 2 is 1.32 bits per heavy atom. The molecule has 0 bridgehead atoms. The Kier molecular flexibility index (Phi) is 6.17. The number of nitrogens with zero attached hydrogens (tertiary/aromatic N) is 2. The van der Waals surface area contributed by atoms with Crippen molar-refractivity contribution in [2.75, 3.05) is 33.3 Å². The summed E-state index contributed by atoms with van der Waals surface area (Å²) in [6.07, 6.45) is 0. The summed E-state index contributed by atoms with van der Waals surface area (Å²) in [4.78, 5) is 29.5. The van der Waals surface area contributed by atoms with E-state index in [1.165, 1.54) is 0 Å². The Balaban J connectivity index is 1.42. The monoisotopic (exact) mass is 416 g/mol. The molecule has 3 aromatic carbocycles. The molecule has 0 radical (unpaired) electrons. The van der Waals surface area contributed by atoms with E-state index in [4.69, 9.17) is 9.47 Å². The van der Waals surface area contributed by atoms with Crippen molar-refractivity contribution in [1.82, 2.24) is 9.80 Å². The lowest BCUT2D eigenvalue weighted by Crippen LogP contribution is -2.50. The second kappa shape index (κ2) is 9.34. The molecule has 0 atom stereocenters. The Labute approximate surface area is 181 Å². The summed E-state index contributed by atoms with van der Waals surface area (Å²) in [5.74, 6) is 1.69. The van der Waals surface area contributed by atoms with Crippen LogP contribution in [0.3, 0.4) is 0 Å². The van der Waals surface area contributed by atoms with Gasteiger partial charge in [-0.2, -0.15) is 0 Å². The van der Waals surface area contributed by atoms with E-state index >= 15 is 0 Å². The maximum absolute atomic E-state index is 13.2. The number of benzene rings is 3. The smallest absolute Gasteiger partial charge is 0.257 e. The SMILES string of the molecule is COc1cccc(C(=O)N2CCN(C(=O)c3ccccc3Oc3ccccc3)CC2)c1. The van der Waals surface area contributed by atoms with E-state index in [-0.39, 0.29) is 11.8 Å². The first-order chi connectivity index (χ1) is 15.2. The summed E-state index contributed by atoms with van der Waals surface area (Å²) in [7, 11) is 1.58. The van der Waals surface area contributed by atoms with Gasteiger partial charge in [-0.05, 0) is 42.5 Å². The van der Waals surface area contributed by atoms with Crippen LogP contribution in [0.2, 0.25) is 0 Å². The maximum Gasteiger partial charge on any atom is 0.257 e. The maximum atomic E-state index is 13.2. The van der Waals surface area contributed by atoms with Gasteiger partial charge in [0.1, 0.15) is 17.2 Å². The highest BCUT2D eigenvalue weighted by Gasteiger charge is 2.27. The van der Waals surface area contributed by atoms with Crippen molar-refractivity contribution in [2.24, 2.45) is 0 Å². The molecule has 6 nitrogen and oxygen atoms in total. The van der Waals surface area contributed by atoms with Crippen LogP contribution in [-0.4, -0.2) is 54.9 Å². The first-order valence-electron chi connectivity index (χ1n) is 10.2. The van der Waals surface area contributed by atoms with Crippen LogP contribution in [0.5, 0.6) is 17.2 Å². The molecule has 158 valence electrons. The predicted molar refractivity (Wildman–Crippen MR) is 118 cm³/mol. The van der Waals surface area contributed by atoms with Gasteiger partial charge in [-0.1, -0.05) is 36.4 Å². The Bertz CT molecular complexity index is 1060. The van der Waals surface area contributed by atoms with Crippen LogP contribution in [-0.2, 0) is 0 Å². The number of ether oxygens (including phenoxy) is 2. The van der Waals surface area contributed by atoms with Crippen molar-refractivity contribution < 1.29 is 19.1 Å². The topological polar surface area (TPSA) is 59.1 Å². The van der Waals surface area contributed by atoms with Gasteiger partial charge in [0.25, 0.3) is 11.8 Å². The molecule has 1 aliphatic heterocycles. The van der Waals surface area contributed by atoms with Gasteiger partial charge in [0.15, 0.2) is 0 Å². The van der Waals surface area contributed by atoms with E-state index in [0.29, 0.717) is 54.6 Å². The number of hydrogen-bond acceptors (Lipinski definition) is 4. The Morgan fingerprint density at radius 3 is 2.03 bits per heavy atom. The fraction of sp³-hybridized carbons (Fsp3) is 0.200. The van der Waals surface area contributed by atoms with Crippen LogP contribution in [0.1, 0.15) is 20.7 Å². The molecule has 0 aliphatic carbocycles. The second-order valence-corrected chi connectivity index (χ2v) is 7.23. The van der Waals surface area contributed by atoms with Gasteiger partial charge >= 0.3 is 0 Å². The zero-order valence-corrected chi connectivity index (χ0v) is 17.4. The van der Waals surface area contributed by atoms with Crippen LogP contribution in [0.4, 0.5) is 0 Å². The molecule has 1 saturated heterocycles. The first kappa shape index (κ1) is 20.5. The summed E-state index contributed by atoms with van der Waals surface area (Å²) >= 11 is 0. The van der Waals surface area contributed by atoms with Crippen LogP contribution in [0.25, 0.3) is 0 Å². The zero-order chi connectivity index (χ0) is 21.6. The van der Waals surface area contributed by atoms with Gasteiger partial charge < -0.3 is 19.3 Å². The van der Waals surface area contributed by atoms with Crippen LogP contribution >= 0.6 is 0 Å². The van der Waals surface area contributed by atoms with Crippen molar-refractivity contribution in [3.63, 3.8) is 0 Å². The highest BCUT2D eigenvalue weighted by Crippen LogP contribution is 2.26. The molecular weight excluding hydrogens is 392 g/mol. The lowest BCUT2D eigenvalue weighted by atomic mass is 10.1. The van der Waals surface area contributed by atoms with Crippen LogP contribution < -0.4 is 9.47 Å². The highest BCUT2D eigenvalue weighted by atomic mass is 16.5. The molecule has 1 fully saturated rings. The molecule has 0 spiro atoms. The van der Waals surface area contributed by atoms with E-state index in [1.807, 2.05) is 48.5 Å². The summed E-state index contributed by atoms with van der Waals surface area (Å²) in [6.45, 7) is 1.88. The molecular formula is C25H24N2O4. The van der Waals surface area contributed by atoms with Crippen molar-refractivity contribution in [3.05, 3.63) is 90.0 Å². The number of amides is 2. The molecule has 2 amide bonds. The van der Waals surface area contributed by atoms with E-state index in [9.17, 15) is 9.59 Å². The minimum Gasteiger partial charge on any atom is -0.497 e. The summed E-state index contributed by atoms with van der Waals surface area (Å²) < 4.78 is 11.1. The van der Waals surface area contributed by atoms with E-state index < -0.39 is 0 Å². The summed E-state index contributed by atoms with van der Waals surface area (Å²) in [5.41, 5.74) is 1.10. The van der Waals surface area contributed by atoms with Crippen molar-refractivity contribution in [3.8, 4) is 17.2 Å². The van der Waals surface area contributed by atoms with E-state index in [1.54, 1.807) is 47.2 Å². The van der Waals surface area contributed by atoms with Gasteiger partial charge in [0.2, 0.25) is 0 Å². The normalized spacial score (nSPS) is 13.6. The van der Waals surface area contributed by atoms with Gasteiger partial charge in [-0.15, -0.1) is 0 Å². The average Bonchev–Trinajstić information content (AvgIpc) is 2.84. The van der Waals surface area contributed by atoms with Crippen LogP contribution in [0, 0.1) is 0 Å². The largest absolute Gasteiger partial charge is 0.497 e. The van der Waals surface area contributed by atoms with E-state index in [0.717, 1.165) is 0 Å². The highest BCUT2D eigenvalue weighted by molar-refractivity contribution is 5.98. The third-order valence-electron chi connectivity index (χ3n) is 5.26. The van der Waals surface area contributed by atoms with Gasteiger partial charge in [0, 0.05) is 31.7 Å². The average molecular weight is 416 g/mol. The van der Waals surface area contributed by atoms with Crippen LogP contribution in [0.15, 0.2) is 78.9 Å². The van der Waals surface area contributed by atoms with Crippen molar-refractivity contribution in [1.29, 1.82) is 0 Å². The van der Waals surface area contributed by atoms with Gasteiger partial charge in [-0.25, -0.2) is 0 Å². The third kappa shape index (κ3) is 4.69. The molecule has 0 aromatic heterocycles. The number of piperazine rings is 1. The zero-order valence-electron chi connectivity index (χ0n) is 17.4. The lowest BCUT2D eigenvalue weighted by molar-refractivity contribution is 0.0534. The fourth-order valence-electron chi connectivity index (χ4n) is 3.57. The minimum atomic E-state index is -0.0972. The Hall–Kier alpha value is -3.80. The number of carbonyl (C=O) groups is 2. The molecule has 3 aromatic rings. The summed E-state index contributed by atoms with van der Waals surface area (Å²) in [5, 5.41) is 0.